The predicted octanol–water partition coefficient (Wildman–Crippen LogP) is 3.97. The second-order valence-corrected chi connectivity index (χ2v) is 6.57. The van der Waals surface area contributed by atoms with Crippen LogP contribution in [0.3, 0.4) is 0 Å². The fraction of sp³-hybridized carbons (Fsp3) is 0.400. The molecule has 0 aliphatic rings. The number of esters is 1. The zero-order valence-corrected chi connectivity index (χ0v) is 15.2. The Morgan fingerprint density at radius 3 is 2.70 bits per heavy atom. The Labute approximate surface area is 153 Å². The minimum absolute atomic E-state index is 0. The number of carbonyl (C=O) groups is 2. The van der Waals surface area contributed by atoms with Gasteiger partial charge in [-0.05, 0) is 18.6 Å². The molecule has 0 saturated carbocycles. The van der Waals surface area contributed by atoms with E-state index in [1.54, 1.807) is 0 Å². The number of carbonyl (C=O) groups excluding carboxylic acids is 2. The number of hydrogen-bond donors (Lipinski definition) is 0. The van der Waals surface area contributed by atoms with Crippen LogP contribution >= 0.6 is 23.4 Å². The van der Waals surface area contributed by atoms with E-state index in [0.29, 0.717) is 10.9 Å². The van der Waals surface area contributed by atoms with Gasteiger partial charge in [0.1, 0.15) is 12.0 Å². The second-order valence-electron chi connectivity index (χ2n) is 4.56. The number of aromatic nitrogens is 1. The van der Waals surface area contributed by atoms with Crippen LogP contribution in [0.1, 0.15) is 32.6 Å². The number of rotatable bonds is 8. The molecule has 0 saturated heterocycles. The Kier molecular flexibility index (Phi) is 9.23. The number of unbranched alkanes of at least 4 members (excludes halogenated alkanes) is 1. The van der Waals surface area contributed by atoms with Crippen molar-refractivity contribution in [3.8, 4) is 0 Å². The molecule has 0 unspecified atom stereocenters. The van der Waals surface area contributed by atoms with Crippen LogP contribution < -0.4 is 0 Å². The Morgan fingerprint density at radius 1 is 1.22 bits per heavy atom. The molecular weight excluding hydrogens is 381 g/mol. The van der Waals surface area contributed by atoms with E-state index < -0.39 is 5.97 Å². The standard InChI is InChI=1S/C15H17NO4S2.Co/c1-2-3-10-19-13(17)8-9-14(18)20-22-15-16-11-6-4-5-7-12(11)21-15;/h4-7H,2-3,8-10H2,1H3;. The maximum atomic E-state index is 11.6. The summed E-state index contributed by atoms with van der Waals surface area (Å²) in [5.41, 5.74) is 0.880. The van der Waals surface area contributed by atoms with Crippen molar-refractivity contribution in [1.29, 1.82) is 0 Å². The third kappa shape index (κ3) is 6.90. The molecule has 1 heterocycles. The molecule has 1 aromatic heterocycles. The molecule has 8 heteroatoms. The van der Waals surface area contributed by atoms with Crippen molar-refractivity contribution in [1.82, 2.24) is 4.98 Å². The van der Waals surface area contributed by atoms with Gasteiger partial charge in [0.05, 0.1) is 29.7 Å². The van der Waals surface area contributed by atoms with Gasteiger partial charge < -0.3 is 8.92 Å². The molecular formula is C15H17CoNO4S2. The van der Waals surface area contributed by atoms with Gasteiger partial charge in [0.25, 0.3) is 0 Å². The summed E-state index contributed by atoms with van der Waals surface area (Å²) in [6.07, 6.45) is 1.86. The average Bonchev–Trinajstić information content (AvgIpc) is 2.94. The van der Waals surface area contributed by atoms with Gasteiger partial charge in [0, 0.05) is 16.8 Å². The number of nitrogens with zero attached hydrogens (tertiary/aromatic N) is 1. The first-order chi connectivity index (χ1) is 10.7. The molecule has 1 radical (unpaired) electrons. The zero-order valence-electron chi connectivity index (χ0n) is 12.6. The van der Waals surface area contributed by atoms with Crippen molar-refractivity contribution < 1.29 is 35.3 Å². The van der Waals surface area contributed by atoms with E-state index >= 15 is 0 Å². The molecule has 2 aromatic rings. The first kappa shape index (κ1) is 20.0. The van der Waals surface area contributed by atoms with Gasteiger partial charge in [-0.25, -0.2) is 4.98 Å². The van der Waals surface area contributed by atoms with Crippen molar-refractivity contribution in [2.75, 3.05) is 6.61 Å². The minimum Gasteiger partial charge on any atom is -0.466 e. The summed E-state index contributed by atoms with van der Waals surface area (Å²) in [6, 6.07) is 7.72. The fourth-order valence-corrected chi connectivity index (χ4v) is 3.20. The quantitative estimate of drug-likeness (QED) is 0.381. The molecule has 0 bridgehead atoms. The van der Waals surface area contributed by atoms with Crippen molar-refractivity contribution >= 4 is 45.5 Å². The number of benzene rings is 1. The summed E-state index contributed by atoms with van der Waals surface area (Å²) in [5, 5.41) is 0. The van der Waals surface area contributed by atoms with Gasteiger partial charge in [-0.1, -0.05) is 25.5 Å². The van der Waals surface area contributed by atoms with E-state index in [2.05, 4.69) is 4.98 Å². The summed E-state index contributed by atoms with van der Waals surface area (Å²) in [7, 11) is 0. The van der Waals surface area contributed by atoms with Crippen LogP contribution in [0.2, 0.25) is 0 Å². The Balaban J connectivity index is 0.00000264. The maximum absolute atomic E-state index is 11.6. The van der Waals surface area contributed by atoms with Crippen LogP contribution in [0.25, 0.3) is 10.2 Å². The van der Waals surface area contributed by atoms with Crippen molar-refractivity contribution in [3.05, 3.63) is 24.3 Å². The van der Waals surface area contributed by atoms with E-state index in [-0.39, 0.29) is 35.6 Å². The van der Waals surface area contributed by atoms with Crippen molar-refractivity contribution in [2.45, 2.75) is 36.9 Å². The number of para-hydroxylation sites is 1. The molecule has 0 spiro atoms. The summed E-state index contributed by atoms with van der Waals surface area (Å²) in [6.45, 7) is 2.43. The first-order valence-corrected chi connectivity index (χ1v) is 8.63. The minimum atomic E-state index is -0.448. The molecule has 0 N–H and O–H groups in total. The second kappa shape index (κ2) is 10.6. The molecule has 23 heavy (non-hydrogen) atoms. The monoisotopic (exact) mass is 398 g/mol. The number of hydrogen-bond acceptors (Lipinski definition) is 7. The topological polar surface area (TPSA) is 65.5 Å². The van der Waals surface area contributed by atoms with Crippen LogP contribution in [-0.2, 0) is 35.3 Å². The Morgan fingerprint density at radius 2 is 1.96 bits per heavy atom. The van der Waals surface area contributed by atoms with Gasteiger partial charge in [-0.3, -0.25) is 9.59 Å². The third-order valence-electron chi connectivity index (χ3n) is 2.77. The molecule has 5 nitrogen and oxygen atoms in total. The van der Waals surface area contributed by atoms with E-state index in [9.17, 15) is 9.59 Å². The van der Waals surface area contributed by atoms with Crippen LogP contribution in [0.4, 0.5) is 0 Å². The smallest absolute Gasteiger partial charge is 0.318 e. The van der Waals surface area contributed by atoms with Crippen molar-refractivity contribution in [2.24, 2.45) is 0 Å². The van der Waals surface area contributed by atoms with Gasteiger partial charge in [0.2, 0.25) is 0 Å². The number of thiazole rings is 1. The zero-order chi connectivity index (χ0) is 15.8. The molecule has 1 aromatic carbocycles. The molecule has 0 amide bonds. The SMILES string of the molecule is CCCCOC(=O)CCC(=O)OSc1nc2ccccc2s1.[Co]. The predicted molar refractivity (Wildman–Crippen MR) is 86.7 cm³/mol. The van der Waals surface area contributed by atoms with E-state index in [1.165, 1.54) is 11.3 Å². The van der Waals surface area contributed by atoms with Gasteiger partial charge in [0.15, 0.2) is 4.34 Å². The summed E-state index contributed by atoms with van der Waals surface area (Å²) in [4.78, 5) is 27.3. The van der Waals surface area contributed by atoms with Gasteiger partial charge in [-0.2, -0.15) is 0 Å². The summed E-state index contributed by atoms with van der Waals surface area (Å²) >= 11 is 2.39. The number of ether oxygens (including phenoxy) is 1. The molecule has 0 aliphatic carbocycles. The molecule has 0 aliphatic heterocycles. The molecule has 2 rings (SSSR count). The number of fused-ring (bicyclic) bond motifs is 1. The Bertz CT molecular complexity index is 614. The van der Waals surface area contributed by atoms with Crippen LogP contribution in [-0.4, -0.2) is 23.5 Å². The van der Waals surface area contributed by atoms with Gasteiger partial charge >= 0.3 is 11.9 Å². The average molecular weight is 398 g/mol. The van der Waals surface area contributed by atoms with Crippen LogP contribution in [0, 0.1) is 0 Å². The van der Waals surface area contributed by atoms with Gasteiger partial charge in [-0.15, -0.1) is 11.3 Å². The third-order valence-corrected chi connectivity index (χ3v) is 4.56. The molecule has 0 fully saturated rings. The van der Waals surface area contributed by atoms with E-state index in [4.69, 9.17) is 8.92 Å². The summed E-state index contributed by atoms with van der Waals surface area (Å²) < 4.78 is 11.7. The van der Waals surface area contributed by atoms with E-state index in [0.717, 1.165) is 35.1 Å². The largest absolute Gasteiger partial charge is 0.466 e. The van der Waals surface area contributed by atoms with Crippen LogP contribution in [0.15, 0.2) is 28.6 Å². The van der Waals surface area contributed by atoms with Crippen LogP contribution in [0.5, 0.6) is 0 Å². The first-order valence-electron chi connectivity index (χ1n) is 7.07. The molecule has 0 atom stereocenters. The maximum Gasteiger partial charge on any atom is 0.318 e. The van der Waals surface area contributed by atoms with Crippen molar-refractivity contribution in [3.63, 3.8) is 0 Å². The molecule has 127 valence electrons. The van der Waals surface area contributed by atoms with E-state index in [1.807, 2.05) is 31.2 Å². The summed E-state index contributed by atoms with van der Waals surface area (Å²) in [5.74, 6) is -0.813. The normalized spacial score (nSPS) is 10.1. The fourth-order valence-electron chi connectivity index (χ4n) is 1.62. The Hall–Kier alpha value is -1.09.